The van der Waals surface area contributed by atoms with Crippen LogP contribution in [0.15, 0.2) is 36.4 Å². The molecule has 2 heterocycles. The number of aliphatic hydroxyl groups excluding tert-OH is 1. The zero-order chi connectivity index (χ0) is 25.0. The molecule has 1 saturated carbocycles. The highest BCUT2D eigenvalue weighted by atomic mass is 16.5. The summed E-state index contributed by atoms with van der Waals surface area (Å²) in [4.78, 5) is 52.4. The molecule has 4 atom stereocenters. The highest BCUT2D eigenvalue weighted by molar-refractivity contribution is 5.91. The van der Waals surface area contributed by atoms with Crippen molar-refractivity contribution in [2.24, 2.45) is 11.7 Å². The summed E-state index contributed by atoms with van der Waals surface area (Å²) < 4.78 is 4.86. The first kappa shape index (κ1) is 24.7. The van der Waals surface area contributed by atoms with Gasteiger partial charge in [0.05, 0.1) is 6.10 Å². The Labute approximate surface area is 204 Å². The van der Waals surface area contributed by atoms with E-state index in [0.29, 0.717) is 18.7 Å². The summed E-state index contributed by atoms with van der Waals surface area (Å²) in [6.07, 6.45) is 8.36. The van der Waals surface area contributed by atoms with E-state index in [-0.39, 0.29) is 31.5 Å². The van der Waals surface area contributed by atoms with Crippen molar-refractivity contribution in [3.63, 3.8) is 0 Å². The van der Waals surface area contributed by atoms with Crippen LogP contribution in [0.3, 0.4) is 0 Å². The molecule has 0 spiro atoms. The van der Waals surface area contributed by atoms with E-state index >= 15 is 0 Å². The zero-order valence-corrected chi connectivity index (χ0v) is 19.5. The number of benzene rings is 1. The minimum atomic E-state index is -1.05. The predicted octanol–water partition coefficient (Wildman–Crippen LogP) is 1.62. The SMILES string of the molecule is NC(=O)Oc1ccc(CN2CCCCC/C=C/C3CC3([C]=O)NC(=O)C3CC(O)CN3C2=O)cc1. The summed E-state index contributed by atoms with van der Waals surface area (Å²) in [6.45, 7) is 0.808. The van der Waals surface area contributed by atoms with Crippen LogP contribution in [0, 0.1) is 5.92 Å². The Morgan fingerprint density at radius 3 is 2.71 bits per heavy atom. The second-order valence-corrected chi connectivity index (χ2v) is 9.48. The summed E-state index contributed by atoms with van der Waals surface area (Å²) in [5.41, 5.74) is 4.81. The van der Waals surface area contributed by atoms with Crippen LogP contribution < -0.4 is 15.8 Å². The van der Waals surface area contributed by atoms with Crippen LogP contribution >= 0.6 is 0 Å². The molecule has 1 aliphatic carbocycles. The molecule has 2 aliphatic heterocycles. The number of nitrogens with one attached hydrogen (secondary N) is 1. The van der Waals surface area contributed by atoms with Gasteiger partial charge in [0.2, 0.25) is 12.2 Å². The van der Waals surface area contributed by atoms with Gasteiger partial charge in [-0.1, -0.05) is 30.7 Å². The maximum absolute atomic E-state index is 13.6. The first-order chi connectivity index (χ1) is 16.8. The summed E-state index contributed by atoms with van der Waals surface area (Å²) in [7, 11) is 0. The molecule has 35 heavy (non-hydrogen) atoms. The standard InChI is InChI=1S/C25H31N4O6/c26-23(33)35-20-9-7-17(8-10-20)14-28-11-5-3-1-2-4-6-18-13-25(18,16-30)27-22(32)21-12-19(31)15-29(21)24(28)34/h4,6-10,18-19,21,31H,1-3,5,11-15H2,(H2,26,33)(H,27,32)/b6-4+. The van der Waals surface area contributed by atoms with Gasteiger partial charge in [-0.25, -0.2) is 9.59 Å². The number of carbonyl (C=O) groups is 3. The molecule has 3 aliphatic rings. The predicted molar refractivity (Wildman–Crippen MR) is 126 cm³/mol. The number of primary amides is 1. The lowest BCUT2D eigenvalue weighted by Crippen LogP contribution is -2.53. The Hall–Kier alpha value is -3.40. The number of fused-ring (bicyclic) bond motifs is 2. The lowest BCUT2D eigenvalue weighted by atomic mass is 10.1. The zero-order valence-electron chi connectivity index (χ0n) is 19.5. The number of hydrogen-bond acceptors (Lipinski definition) is 6. The number of urea groups is 1. The monoisotopic (exact) mass is 483 g/mol. The number of hydrogen-bond donors (Lipinski definition) is 3. The van der Waals surface area contributed by atoms with Crippen LogP contribution in [0.5, 0.6) is 5.75 Å². The van der Waals surface area contributed by atoms with Crippen molar-refractivity contribution in [3.05, 3.63) is 42.0 Å². The molecule has 4 unspecified atom stereocenters. The second kappa shape index (κ2) is 10.5. The van der Waals surface area contributed by atoms with Gasteiger partial charge in [-0.15, -0.1) is 0 Å². The number of carbonyl (C=O) groups excluding carboxylic acids is 4. The van der Waals surface area contributed by atoms with Crippen molar-refractivity contribution in [2.45, 2.75) is 62.8 Å². The topological polar surface area (TPSA) is 142 Å². The Balaban J connectivity index is 1.54. The van der Waals surface area contributed by atoms with Crippen molar-refractivity contribution in [1.29, 1.82) is 0 Å². The van der Waals surface area contributed by atoms with Crippen molar-refractivity contribution in [2.75, 3.05) is 13.1 Å². The lowest BCUT2D eigenvalue weighted by molar-refractivity contribution is -0.125. The van der Waals surface area contributed by atoms with Crippen molar-refractivity contribution >= 4 is 24.3 Å². The van der Waals surface area contributed by atoms with E-state index in [1.165, 1.54) is 4.90 Å². The average molecular weight is 484 g/mol. The Morgan fingerprint density at radius 1 is 1.23 bits per heavy atom. The van der Waals surface area contributed by atoms with E-state index in [4.69, 9.17) is 10.5 Å². The Bertz CT molecular complexity index is 996. The number of ether oxygens (including phenoxy) is 1. The molecule has 4 amide bonds. The number of nitrogens with two attached hydrogens (primary N) is 1. The lowest BCUT2D eigenvalue weighted by Gasteiger charge is -2.32. The van der Waals surface area contributed by atoms with Crippen LogP contribution in [0.2, 0.25) is 0 Å². The fourth-order valence-electron chi connectivity index (χ4n) is 4.81. The molecule has 4 N–H and O–H groups in total. The highest BCUT2D eigenvalue weighted by Gasteiger charge is 2.56. The third kappa shape index (κ3) is 5.82. The molecule has 0 aromatic heterocycles. The molecular weight excluding hydrogens is 452 g/mol. The molecule has 10 nitrogen and oxygen atoms in total. The molecule has 4 rings (SSSR count). The van der Waals surface area contributed by atoms with Crippen LogP contribution in [-0.2, 0) is 16.1 Å². The van der Waals surface area contributed by atoms with Crippen molar-refractivity contribution < 1.29 is 29.0 Å². The summed E-state index contributed by atoms with van der Waals surface area (Å²) in [5.74, 6) is -0.240. The molecule has 10 heteroatoms. The Morgan fingerprint density at radius 2 is 2.00 bits per heavy atom. The van der Waals surface area contributed by atoms with Gasteiger partial charge in [0, 0.05) is 32.0 Å². The first-order valence-corrected chi connectivity index (χ1v) is 12.0. The number of amides is 4. The van der Waals surface area contributed by atoms with Gasteiger partial charge in [0.15, 0.2) is 0 Å². The van der Waals surface area contributed by atoms with Gasteiger partial charge in [-0.05, 0) is 43.4 Å². The summed E-state index contributed by atoms with van der Waals surface area (Å²) in [6, 6.07) is 5.47. The summed E-state index contributed by atoms with van der Waals surface area (Å²) in [5, 5.41) is 13.1. The maximum Gasteiger partial charge on any atom is 0.409 e. The van der Waals surface area contributed by atoms with Gasteiger partial charge >= 0.3 is 12.1 Å². The molecule has 0 bridgehead atoms. The van der Waals surface area contributed by atoms with Crippen LogP contribution in [0.1, 0.15) is 44.1 Å². The normalized spacial score (nSPS) is 30.3. The van der Waals surface area contributed by atoms with Gasteiger partial charge in [-0.3, -0.25) is 9.59 Å². The van der Waals surface area contributed by atoms with E-state index in [0.717, 1.165) is 31.2 Å². The number of rotatable bonds is 4. The second-order valence-electron chi connectivity index (χ2n) is 9.48. The molecule has 1 aromatic rings. The summed E-state index contributed by atoms with van der Waals surface area (Å²) >= 11 is 0. The largest absolute Gasteiger partial charge is 0.411 e. The molecule has 1 radical (unpaired) electrons. The molecule has 1 saturated heterocycles. The molecular formula is C25H31N4O6. The van der Waals surface area contributed by atoms with Crippen molar-refractivity contribution in [1.82, 2.24) is 15.1 Å². The Kier molecular flexibility index (Phi) is 7.39. The van der Waals surface area contributed by atoms with Gasteiger partial charge in [0.25, 0.3) is 0 Å². The van der Waals surface area contributed by atoms with Crippen LogP contribution in [0.25, 0.3) is 0 Å². The van der Waals surface area contributed by atoms with Gasteiger partial charge in [0.1, 0.15) is 17.3 Å². The molecule has 2 fully saturated rings. The van der Waals surface area contributed by atoms with Crippen LogP contribution in [-0.4, -0.2) is 70.0 Å². The fourth-order valence-corrected chi connectivity index (χ4v) is 4.81. The minimum absolute atomic E-state index is 0.0416. The number of nitrogens with zero attached hydrogens (tertiary/aromatic N) is 2. The molecule has 1 aromatic carbocycles. The van der Waals surface area contributed by atoms with Gasteiger partial charge in [-0.2, -0.15) is 0 Å². The van der Waals surface area contributed by atoms with E-state index in [1.807, 2.05) is 18.4 Å². The maximum atomic E-state index is 13.6. The van der Waals surface area contributed by atoms with E-state index in [1.54, 1.807) is 29.2 Å². The third-order valence-corrected chi connectivity index (χ3v) is 6.82. The quantitative estimate of drug-likeness (QED) is 0.556. The van der Waals surface area contributed by atoms with E-state index in [9.17, 15) is 24.3 Å². The van der Waals surface area contributed by atoms with E-state index in [2.05, 4.69) is 5.32 Å². The van der Waals surface area contributed by atoms with Gasteiger partial charge < -0.3 is 30.7 Å². The smallest absolute Gasteiger partial charge is 0.409 e. The van der Waals surface area contributed by atoms with Crippen molar-refractivity contribution in [3.8, 4) is 5.75 Å². The highest BCUT2D eigenvalue weighted by Crippen LogP contribution is 2.43. The number of aliphatic hydroxyl groups is 1. The molecule has 187 valence electrons. The number of allylic oxidation sites excluding steroid dienone is 1. The fraction of sp³-hybridized carbons (Fsp3) is 0.520. The average Bonchev–Trinajstić information content (AvgIpc) is 3.36. The minimum Gasteiger partial charge on any atom is -0.411 e. The first-order valence-electron chi connectivity index (χ1n) is 12.0. The van der Waals surface area contributed by atoms with Crippen LogP contribution in [0.4, 0.5) is 9.59 Å². The third-order valence-electron chi connectivity index (χ3n) is 6.82. The van der Waals surface area contributed by atoms with E-state index < -0.39 is 29.7 Å².